The predicted octanol–water partition coefficient (Wildman–Crippen LogP) is 5.33. The fourth-order valence-electron chi connectivity index (χ4n) is 2.97. The minimum absolute atomic E-state index is 0.0367. The largest absolute Gasteiger partial charge is 0.349 e. The number of nitrogens with zero attached hydrogens (tertiary/aromatic N) is 1. The molecule has 1 saturated heterocycles. The molecule has 0 aromatic heterocycles. The maximum Gasteiger partial charge on any atom is 0.253 e. The number of carbonyl (C=O) groups excluding carboxylic acids is 2. The molecule has 2 amide bonds. The molecule has 1 aliphatic heterocycles. The Kier molecular flexibility index (Phi) is 6.53. The van der Waals surface area contributed by atoms with E-state index in [-0.39, 0.29) is 17.9 Å². The van der Waals surface area contributed by atoms with Crippen LogP contribution in [0.25, 0.3) is 0 Å². The van der Waals surface area contributed by atoms with Crippen LogP contribution in [0.4, 0.5) is 0 Å². The van der Waals surface area contributed by atoms with Crippen LogP contribution in [0.1, 0.15) is 33.6 Å². The van der Waals surface area contributed by atoms with E-state index in [4.69, 9.17) is 46.4 Å². The molecule has 142 valence electrons. The normalized spacial score (nSPS) is 14.9. The minimum Gasteiger partial charge on any atom is -0.349 e. The average Bonchev–Trinajstić information content (AvgIpc) is 2.66. The Bertz CT molecular complexity index is 880. The average molecular weight is 446 g/mol. The molecule has 4 nitrogen and oxygen atoms in total. The van der Waals surface area contributed by atoms with Crippen molar-refractivity contribution in [3.05, 3.63) is 67.6 Å². The number of hydrogen-bond acceptors (Lipinski definition) is 2. The quantitative estimate of drug-likeness (QED) is 0.693. The minimum atomic E-state index is -0.267. The predicted molar refractivity (Wildman–Crippen MR) is 109 cm³/mol. The third-order valence-electron chi connectivity index (χ3n) is 4.46. The topological polar surface area (TPSA) is 49.4 Å². The lowest BCUT2D eigenvalue weighted by Gasteiger charge is -2.32. The second kappa shape index (κ2) is 8.70. The molecule has 0 atom stereocenters. The summed E-state index contributed by atoms with van der Waals surface area (Å²) < 4.78 is 0. The van der Waals surface area contributed by atoms with E-state index in [2.05, 4.69) is 5.32 Å². The highest BCUT2D eigenvalue weighted by molar-refractivity contribution is 6.42. The summed E-state index contributed by atoms with van der Waals surface area (Å²) in [6, 6.07) is 9.57. The lowest BCUT2D eigenvalue weighted by atomic mass is 10.0. The van der Waals surface area contributed by atoms with Gasteiger partial charge in [0.1, 0.15) is 0 Å². The van der Waals surface area contributed by atoms with Crippen molar-refractivity contribution in [2.45, 2.75) is 18.9 Å². The molecule has 1 N–H and O–H groups in total. The Morgan fingerprint density at radius 3 is 2.22 bits per heavy atom. The van der Waals surface area contributed by atoms with Crippen LogP contribution >= 0.6 is 46.4 Å². The fourth-order valence-corrected chi connectivity index (χ4v) is 3.65. The molecule has 27 heavy (non-hydrogen) atoms. The zero-order chi connectivity index (χ0) is 19.6. The number of carbonyl (C=O) groups is 2. The molecule has 0 radical (unpaired) electrons. The van der Waals surface area contributed by atoms with Crippen LogP contribution in [0.5, 0.6) is 0 Å². The van der Waals surface area contributed by atoms with E-state index in [1.807, 2.05) is 0 Å². The van der Waals surface area contributed by atoms with Crippen molar-refractivity contribution in [3.63, 3.8) is 0 Å². The van der Waals surface area contributed by atoms with Gasteiger partial charge in [-0.15, -0.1) is 0 Å². The van der Waals surface area contributed by atoms with E-state index in [1.54, 1.807) is 41.3 Å². The number of piperidine rings is 1. The number of rotatable bonds is 3. The van der Waals surface area contributed by atoms with E-state index in [1.165, 1.54) is 0 Å². The third kappa shape index (κ3) is 4.88. The zero-order valence-corrected chi connectivity index (χ0v) is 17.2. The highest BCUT2D eigenvalue weighted by Crippen LogP contribution is 2.25. The molecule has 1 heterocycles. The Morgan fingerprint density at radius 1 is 0.889 bits per heavy atom. The number of hydrogen-bond donors (Lipinski definition) is 1. The molecule has 0 unspecified atom stereocenters. The number of amides is 2. The molecule has 2 aromatic carbocycles. The van der Waals surface area contributed by atoms with E-state index >= 15 is 0 Å². The smallest absolute Gasteiger partial charge is 0.253 e. The van der Waals surface area contributed by atoms with Gasteiger partial charge < -0.3 is 10.2 Å². The second-order valence-corrected chi connectivity index (χ2v) is 7.95. The Labute approximate surface area is 177 Å². The van der Waals surface area contributed by atoms with Crippen molar-refractivity contribution in [1.82, 2.24) is 10.2 Å². The summed E-state index contributed by atoms with van der Waals surface area (Å²) in [5.41, 5.74) is 0.844. The number of benzene rings is 2. The molecule has 1 fully saturated rings. The molecular formula is C19H16Cl4N2O2. The van der Waals surface area contributed by atoms with Gasteiger partial charge in [0.25, 0.3) is 11.8 Å². The lowest BCUT2D eigenvalue weighted by Crippen LogP contribution is -2.46. The highest BCUT2D eigenvalue weighted by Gasteiger charge is 2.25. The molecule has 3 rings (SSSR count). The van der Waals surface area contributed by atoms with E-state index in [9.17, 15) is 9.59 Å². The van der Waals surface area contributed by atoms with Crippen LogP contribution < -0.4 is 5.32 Å². The summed E-state index contributed by atoms with van der Waals surface area (Å²) in [5.74, 6) is -0.368. The summed E-state index contributed by atoms with van der Waals surface area (Å²) in [4.78, 5) is 26.8. The first kappa shape index (κ1) is 20.3. The van der Waals surface area contributed by atoms with Gasteiger partial charge in [0.2, 0.25) is 0 Å². The standard InChI is InChI=1S/C19H16Cl4N2O2/c20-12-2-4-15(21)14(10-12)18(26)24-13-5-7-25(8-6-13)19(27)11-1-3-16(22)17(23)9-11/h1-4,9-10,13H,5-8H2,(H,24,26). The SMILES string of the molecule is O=C(NC1CCN(C(=O)c2ccc(Cl)c(Cl)c2)CC1)c1cc(Cl)ccc1Cl. The van der Waals surface area contributed by atoms with Crippen LogP contribution in [0.2, 0.25) is 20.1 Å². The second-order valence-electron chi connectivity index (χ2n) is 6.29. The molecule has 0 bridgehead atoms. The maximum absolute atomic E-state index is 12.6. The number of halogens is 4. The van der Waals surface area contributed by atoms with E-state index < -0.39 is 0 Å². The van der Waals surface area contributed by atoms with Crippen molar-refractivity contribution in [2.24, 2.45) is 0 Å². The van der Waals surface area contributed by atoms with Crippen LogP contribution in [0.3, 0.4) is 0 Å². The van der Waals surface area contributed by atoms with Gasteiger partial charge in [-0.2, -0.15) is 0 Å². The van der Waals surface area contributed by atoms with Crippen molar-refractivity contribution in [1.29, 1.82) is 0 Å². The Balaban J connectivity index is 1.58. The zero-order valence-electron chi connectivity index (χ0n) is 14.1. The van der Waals surface area contributed by atoms with Gasteiger partial charge in [0.15, 0.2) is 0 Å². The van der Waals surface area contributed by atoms with E-state index in [0.717, 1.165) is 0 Å². The summed E-state index contributed by atoms with van der Waals surface area (Å²) in [7, 11) is 0. The summed E-state index contributed by atoms with van der Waals surface area (Å²) >= 11 is 23.9. The monoisotopic (exact) mass is 444 g/mol. The summed E-state index contributed by atoms with van der Waals surface area (Å²) in [6.07, 6.45) is 1.30. The summed E-state index contributed by atoms with van der Waals surface area (Å²) in [6.45, 7) is 1.07. The van der Waals surface area contributed by atoms with Gasteiger partial charge in [0, 0.05) is 29.7 Å². The Hall–Kier alpha value is -1.46. The van der Waals surface area contributed by atoms with Crippen LogP contribution in [-0.4, -0.2) is 35.8 Å². The summed E-state index contributed by atoms with van der Waals surface area (Å²) in [5, 5.41) is 4.52. The van der Waals surface area contributed by atoms with Crippen LogP contribution in [0.15, 0.2) is 36.4 Å². The van der Waals surface area contributed by atoms with Crippen LogP contribution in [0, 0.1) is 0 Å². The van der Waals surface area contributed by atoms with E-state index in [0.29, 0.717) is 57.1 Å². The van der Waals surface area contributed by atoms with Gasteiger partial charge >= 0.3 is 0 Å². The Morgan fingerprint density at radius 2 is 1.56 bits per heavy atom. The van der Waals surface area contributed by atoms with Crippen molar-refractivity contribution in [3.8, 4) is 0 Å². The maximum atomic E-state index is 12.6. The van der Waals surface area contributed by atoms with Gasteiger partial charge in [-0.3, -0.25) is 9.59 Å². The molecule has 2 aromatic rings. The third-order valence-corrected chi connectivity index (χ3v) is 5.76. The molecule has 0 saturated carbocycles. The fraction of sp³-hybridized carbons (Fsp3) is 0.263. The van der Waals surface area contributed by atoms with Gasteiger partial charge in [-0.05, 0) is 49.2 Å². The molecule has 0 aliphatic carbocycles. The lowest BCUT2D eigenvalue weighted by molar-refractivity contribution is 0.0698. The molecular weight excluding hydrogens is 430 g/mol. The first-order valence-corrected chi connectivity index (χ1v) is 9.86. The highest BCUT2D eigenvalue weighted by atomic mass is 35.5. The molecule has 8 heteroatoms. The van der Waals surface area contributed by atoms with Crippen LogP contribution in [-0.2, 0) is 0 Å². The first-order chi connectivity index (χ1) is 12.8. The van der Waals surface area contributed by atoms with Crippen molar-refractivity contribution in [2.75, 3.05) is 13.1 Å². The van der Waals surface area contributed by atoms with Gasteiger partial charge in [-0.1, -0.05) is 46.4 Å². The van der Waals surface area contributed by atoms with Crippen molar-refractivity contribution >= 4 is 58.2 Å². The first-order valence-electron chi connectivity index (χ1n) is 8.35. The van der Waals surface area contributed by atoms with Gasteiger partial charge in [-0.25, -0.2) is 0 Å². The number of nitrogens with one attached hydrogen (secondary N) is 1. The van der Waals surface area contributed by atoms with Gasteiger partial charge in [0.05, 0.1) is 20.6 Å². The number of likely N-dealkylation sites (tertiary alicyclic amines) is 1. The molecule has 0 spiro atoms. The van der Waals surface area contributed by atoms with Crippen molar-refractivity contribution < 1.29 is 9.59 Å². The molecule has 1 aliphatic rings.